The summed E-state index contributed by atoms with van der Waals surface area (Å²) in [6, 6.07) is 4.50. The van der Waals surface area contributed by atoms with E-state index in [1.54, 1.807) is 0 Å². The number of hydrogen-bond acceptors (Lipinski definition) is 4. The Labute approximate surface area is 212 Å². The lowest BCUT2D eigenvalue weighted by molar-refractivity contribution is -0.264. The number of benzene rings is 1. The Morgan fingerprint density at radius 1 is 1.14 bits per heavy atom. The lowest BCUT2D eigenvalue weighted by Crippen LogP contribution is -2.77. The van der Waals surface area contributed by atoms with Gasteiger partial charge in [0.1, 0.15) is 6.10 Å². The monoisotopic (exact) mass is 481 g/mol. The number of aromatic hydroxyl groups is 1. The lowest BCUT2D eigenvalue weighted by Gasteiger charge is -2.74. The third-order valence-electron chi connectivity index (χ3n) is 12.0. The smallest absolute Gasteiger partial charge is 0.165 e. The topological polar surface area (TPSA) is 52.9 Å². The van der Waals surface area contributed by atoms with Crippen LogP contribution in [0.15, 0.2) is 12.1 Å². The molecule has 7 atom stereocenters. The van der Waals surface area contributed by atoms with Crippen molar-refractivity contribution in [1.29, 1.82) is 0 Å². The van der Waals surface area contributed by atoms with Crippen LogP contribution < -0.4 is 4.74 Å². The molecule has 35 heavy (non-hydrogen) atoms. The molecule has 0 saturated heterocycles. The van der Waals surface area contributed by atoms with Crippen molar-refractivity contribution in [2.24, 2.45) is 28.1 Å². The molecule has 0 aromatic heterocycles. The van der Waals surface area contributed by atoms with Crippen molar-refractivity contribution >= 4 is 0 Å². The van der Waals surface area contributed by atoms with Gasteiger partial charge in [-0.2, -0.15) is 0 Å². The minimum atomic E-state index is -0.812. The Morgan fingerprint density at radius 2 is 1.86 bits per heavy atom. The van der Waals surface area contributed by atoms with Crippen LogP contribution in [0.2, 0.25) is 0 Å². The van der Waals surface area contributed by atoms with Crippen molar-refractivity contribution in [3.63, 3.8) is 0 Å². The second-order valence-corrected chi connectivity index (χ2v) is 14.6. The summed E-state index contributed by atoms with van der Waals surface area (Å²) in [7, 11) is 2.37. The molecule has 1 aromatic carbocycles. The molecule has 4 fully saturated rings. The lowest BCUT2D eigenvalue weighted by atomic mass is 9.31. The third-order valence-corrected chi connectivity index (χ3v) is 12.0. The molecule has 6 aliphatic rings. The summed E-state index contributed by atoms with van der Waals surface area (Å²) >= 11 is 0. The average Bonchev–Trinajstić information content (AvgIpc) is 3.51. The number of rotatable bonds is 6. The van der Waals surface area contributed by atoms with E-state index in [1.165, 1.54) is 36.9 Å². The van der Waals surface area contributed by atoms with Gasteiger partial charge in [0.05, 0.1) is 5.60 Å². The number of phenolic OH excluding ortho intramolecular Hbond substituents is 1. The van der Waals surface area contributed by atoms with E-state index < -0.39 is 5.60 Å². The first-order valence-electron chi connectivity index (χ1n) is 14.3. The van der Waals surface area contributed by atoms with Crippen molar-refractivity contribution in [2.75, 3.05) is 13.6 Å². The van der Waals surface area contributed by atoms with Crippen LogP contribution in [0.4, 0.5) is 0 Å². The molecular formula is C31H47NO3. The molecule has 4 nitrogen and oxygen atoms in total. The summed E-state index contributed by atoms with van der Waals surface area (Å²) in [6.45, 7) is 14.6. The van der Waals surface area contributed by atoms with E-state index in [0.29, 0.717) is 11.8 Å². The van der Waals surface area contributed by atoms with Gasteiger partial charge in [0, 0.05) is 34.4 Å². The summed E-state index contributed by atoms with van der Waals surface area (Å²) in [6.07, 6.45) is 9.26. The second kappa shape index (κ2) is 7.19. The van der Waals surface area contributed by atoms with Gasteiger partial charge in [-0.1, -0.05) is 47.1 Å². The number of likely N-dealkylation sites (N-methyl/N-ethyl adjacent to an activating group) is 1. The SMILES string of the molecule is CCC[C@]12c3c4ccc(O)c3O[C@H]1[C@]1(C)CC[C@@]2(C[C@@H]1C(C)(O)C(C)(C)C)[C@H](N(C)CC1CC1)C4. The van der Waals surface area contributed by atoms with Gasteiger partial charge < -0.3 is 19.8 Å². The van der Waals surface area contributed by atoms with E-state index in [4.69, 9.17) is 4.74 Å². The molecule has 1 aliphatic heterocycles. The maximum atomic E-state index is 12.3. The number of ether oxygens (including phenoxy) is 1. The van der Waals surface area contributed by atoms with Crippen LogP contribution in [-0.2, 0) is 11.8 Å². The molecule has 0 amide bonds. The molecule has 1 heterocycles. The molecule has 1 unspecified atom stereocenters. The van der Waals surface area contributed by atoms with Crippen molar-refractivity contribution in [1.82, 2.24) is 4.90 Å². The molecule has 5 aliphatic carbocycles. The molecule has 1 spiro atoms. The van der Waals surface area contributed by atoms with Crippen molar-refractivity contribution in [3.8, 4) is 11.5 Å². The van der Waals surface area contributed by atoms with E-state index in [9.17, 15) is 10.2 Å². The summed E-state index contributed by atoms with van der Waals surface area (Å²) in [5.74, 6) is 2.05. The summed E-state index contributed by atoms with van der Waals surface area (Å²) < 4.78 is 7.00. The Kier molecular flexibility index (Phi) is 4.95. The van der Waals surface area contributed by atoms with Crippen LogP contribution >= 0.6 is 0 Å². The van der Waals surface area contributed by atoms with E-state index in [0.717, 1.165) is 43.8 Å². The highest BCUT2D eigenvalue weighted by Crippen LogP contribution is 2.78. The highest BCUT2D eigenvalue weighted by molar-refractivity contribution is 5.62. The van der Waals surface area contributed by atoms with Gasteiger partial charge in [-0.3, -0.25) is 0 Å². The molecule has 4 heteroatoms. The maximum Gasteiger partial charge on any atom is 0.165 e. The largest absolute Gasteiger partial charge is 0.504 e. The molecular weight excluding hydrogens is 434 g/mol. The minimum Gasteiger partial charge on any atom is -0.504 e. The van der Waals surface area contributed by atoms with E-state index in [2.05, 4.69) is 59.6 Å². The predicted molar refractivity (Wildman–Crippen MR) is 140 cm³/mol. The highest BCUT2D eigenvalue weighted by atomic mass is 16.5. The average molecular weight is 482 g/mol. The highest BCUT2D eigenvalue weighted by Gasteiger charge is 2.79. The standard InChI is InChI=1S/C31H47NO3/c1-8-13-31-24-20-11-12-21(33)25(24)35-26(31)28(5)14-15-30(31,17-22(28)29(6,34)27(2,3)4)23(16-20)32(7)18-19-9-10-19/h11-12,19,22-23,26,33-34H,8-10,13-18H2,1-7H3/t22-,23+,26-,28+,29?,30+,31-/m0/s1. The number of fused-ring (bicyclic) bond motifs is 2. The summed E-state index contributed by atoms with van der Waals surface area (Å²) in [4.78, 5) is 2.71. The molecule has 0 radical (unpaired) electrons. The minimum absolute atomic E-state index is 0.00421. The van der Waals surface area contributed by atoms with Crippen LogP contribution in [0, 0.1) is 28.1 Å². The number of nitrogens with zero attached hydrogens (tertiary/aromatic N) is 1. The zero-order valence-electron chi connectivity index (χ0n) is 23.1. The Morgan fingerprint density at radius 3 is 2.49 bits per heavy atom. The molecule has 7 rings (SSSR count). The third kappa shape index (κ3) is 2.82. The van der Waals surface area contributed by atoms with E-state index >= 15 is 0 Å². The molecule has 4 saturated carbocycles. The van der Waals surface area contributed by atoms with Crippen LogP contribution in [-0.4, -0.2) is 46.5 Å². The fourth-order valence-corrected chi connectivity index (χ4v) is 9.71. The molecule has 1 aromatic rings. The van der Waals surface area contributed by atoms with Gasteiger partial charge in [0.15, 0.2) is 11.5 Å². The summed E-state index contributed by atoms with van der Waals surface area (Å²) in [5, 5.41) is 23.3. The van der Waals surface area contributed by atoms with Crippen LogP contribution in [0.5, 0.6) is 11.5 Å². The Bertz CT molecular complexity index is 1040. The Hall–Kier alpha value is -1.26. The van der Waals surface area contributed by atoms with Crippen LogP contribution in [0.1, 0.15) is 97.6 Å². The van der Waals surface area contributed by atoms with Gasteiger partial charge in [0.2, 0.25) is 0 Å². The zero-order valence-corrected chi connectivity index (χ0v) is 23.1. The number of phenols is 1. The van der Waals surface area contributed by atoms with Crippen LogP contribution in [0.25, 0.3) is 0 Å². The first-order valence-corrected chi connectivity index (χ1v) is 14.3. The Balaban J connectivity index is 1.60. The maximum absolute atomic E-state index is 12.3. The normalized spacial score (nSPS) is 41.0. The fraction of sp³-hybridized carbons (Fsp3) is 0.806. The van der Waals surface area contributed by atoms with E-state index in [-0.39, 0.29) is 33.7 Å². The fourth-order valence-electron chi connectivity index (χ4n) is 9.71. The van der Waals surface area contributed by atoms with Crippen molar-refractivity contribution < 1.29 is 14.9 Å². The van der Waals surface area contributed by atoms with Gasteiger partial charge in [-0.05, 0) is 87.8 Å². The quantitative estimate of drug-likeness (QED) is 0.518. The number of aliphatic hydroxyl groups is 1. The second-order valence-electron chi connectivity index (χ2n) is 14.6. The van der Waals surface area contributed by atoms with E-state index in [1.807, 2.05) is 6.07 Å². The van der Waals surface area contributed by atoms with Gasteiger partial charge >= 0.3 is 0 Å². The zero-order chi connectivity index (χ0) is 25.2. The van der Waals surface area contributed by atoms with Crippen LogP contribution in [0.3, 0.4) is 0 Å². The van der Waals surface area contributed by atoms with Crippen molar-refractivity contribution in [3.05, 3.63) is 23.3 Å². The first-order chi connectivity index (χ1) is 16.3. The molecule has 194 valence electrons. The summed E-state index contributed by atoms with van der Waals surface area (Å²) in [5.41, 5.74) is 1.48. The van der Waals surface area contributed by atoms with Gasteiger partial charge in [-0.25, -0.2) is 0 Å². The van der Waals surface area contributed by atoms with Gasteiger partial charge in [-0.15, -0.1) is 0 Å². The first kappa shape index (κ1) is 24.1. The number of hydrogen-bond donors (Lipinski definition) is 2. The molecule has 2 N–H and O–H groups in total. The predicted octanol–water partition coefficient (Wildman–Crippen LogP) is 6.06. The van der Waals surface area contributed by atoms with Crippen molar-refractivity contribution in [2.45, 2.75) is 116 Å². The van der Waals surface area contributed by atoms with Gasteiger partial charge in [0.25, 0.3) is 0 Å². The molecule has 2 bridgehead atoms.